The van der Waals surface area contributed by atoms with Gasteiger partial charge in [0.2, 0.25) is 0 Å². The van der Waals surface area contributed by atoms with Crippen molar-refractivity contribution in [1.29, 1.82) is 0 Å². The Morgan fingerprint density at radius 1 is 1.43 bits per heavy atom. The van der Waals surface area contributed by atoms with E-state index in [1.807, 2.05) is 27.7 Å². The minimum atomic E-state index is -0.546. The Hall–Kier alpha value is -0.810. The van der Waals surface area contributed by atoms with Crippen LogP contribution in [-0.4, -0.2) is 53.1 Å². The van der Waals surface area contributed by atoms with E-state index in [0.717, 1.165) is 12.8 Å². The van der Waals surface area contributed by atoms with Gasteiger partial charge in [-0.2, -0.15) is 0 Å². The van der Waals surface area contributed by atoms with Crippen LogP contribution in [0, 0.1) is 5.92 Å². The van der Waals surface area contributed by atoms with E-state index < -0.39 is 5.60 Å². The zero-order valence-corrected chi connectivity index (χ0v) is 14.3. The quantitative estimate of drug-likeness (QED) is 0.848. The summed E-state index contributed by atoms with van der Waals surface area (Å²) in [6.45, 7) is 12.3. The first kappa shape index (κ1) is 18.2. The first-order chi connectivity index (χ1) is 9.65. The summed E-state index contributed by atoms with van der Waals surface area (Å²) >= 11 is 0. The van der Waals surface area contributed by atoms with Crippen LogP contribution < -0.4 is 0 Å². The van der Waals surface area contributed by atoms with Crippen molar-refractivity contribution >= 4 is 6.09 Å². The molecule has 1 N–H and O–H groups in total. The van der Waals surface area contributed by atoms with Gasteiger partial charge in [-0.25, -0.2) is 4.79 Å². The average molecular weight is 301 g/mol. The molecule has 1 aliphatic heterocycles. The standard InChI is InChI=1S/C16H31NO4/c1-11(2)9-13(10-18)17(14-7-8-20-12(14)3)15(19)21-16(4,5)6/h11-14,18H,7-10H2,1-6H3. The number of carbonyl (C=O) groups is 1. The fourth-order valence-corrected chi connectivity index (χ4v) is 2.78. The average Bonchev–Trinajstić information content (AvgIpc) is 2.72. The Morgan fingerprint density at radius 3 is 2.43 bits per heavy atom. The van der Waals surface area contributed by atoms with Crippen LogP contribution in [0.4, 0.5) is 4.79 Å². The summed E-state index contributed by atoms with van der Waals surface area (Å²) in [5.41, 5.74) is -0.546. The monoisotopic (exact) mass is 301 g/mol. The predicted octanol–water partition coefficient (Wildman–Crippen LogP) is 2.81. The van der Waals surface area contributed by atoms with Crippen molar-refractivity contribution in [3.8, 4) is 0 Å². The summed E-state index contributed by atoms with van der Waals surface area (Å²) < 4.78 is 11.1. The summed E-state index contributed by atoms with van der Waals surface area (Å²) in [4.78, 5) is 14.3. The number of aliphatic hydroxyl groups excluding tert-OH is 1. The molecule has 1 aliphatic rings. The number of nitrogens with zero attached hydrogens (tertiary/aromatic N) is 1. The van der Waals surface area contributed by atoms with Gasteiger partial charge in [0.25, 0.3) is 0 Å². The van der Waals surface area contributed by atoms with E-state index in [0.29, 0.717) is 12.5 Å². The van der Waals surface area contributed by atoms with E-state index in [4.69, 9.17) is 9.47 Å². The predicted molar refractivity (Wildman–Crippen MR) is 82.2 cm³/mol. The van der Waals surface area contributed by atoms with Crippen LogP contribution in [0.5, 0.6) is 0 Å². The molecule has 3 unspecified atom stereocenters. The molecule has 5 heteroatoms. The van der Waals surface area contributed by atoms with Crippen LogP contribution in [0.3, 0.4) is 0 Å². The molecular weight excluding hydrogens is 270 g/mol. The van der Waals surface area contributed by atoms with E-state index in [9.17, 15) is 9.90 Å². The fraction of sp³-hybridized carbons (Fsp3) is 0.938. The Labute approximate surface area is 128 Å². The van der Waals surface area contributed by atoms with Gasteiger partial charge < -0.3 is 14.6 Å². The molecule has 0 aromatic rings. The maximum absolute atomic E-state index is 12.6. The van der Waals surface area contributed by atoms with Crippen molar-refractivity contribution < 1.29 is 19.4 Å². The lowest BCUT2D eigenvalue weighted by Crippen LogP contribution is -2.53. The van der Waals surface area contributed by atoms with Gasteiger partial charge in [-0.15, -0.1) is 0 Å². The molecule has 0 aliphatic carbocycles. The van der Waals surface area contributed by atoms with Crippen molar-refractivity contribution in [3.05, 3.63) is 0 Å². The molecule has 1 saturated heterocycles. The molecule has 0 radical (unpaired) electrons. The largest absolute Gasteiger partial charge is 0.444 e. The molecule has 0 aromatic heterocycles. The second-order valence-corrected chi connectivity index (χ2v) is 7.29. The Morgan fingerprint density at radius 2 is 2.05 bits per heavy atom. The highest BCUT2D eigenvalue weighted by atomic mass is 16.6. The van der Waals surface area contributed by atoms with E-state index in [-0.39, 0.29) is 30.9 Å². The Kier molecular flexibility index (Phi) is 6.47. The third-order valence-electron chi connectivity index (χ3n) is 3.65. The molecule has 1 heterocycles. The first-order valence-electron chi connectivity index (χ1n) is 7.89. The van der Waals surface area contributed by atoms with Gasteiger partial charge in [-0.1, -0.05) is 13.8 Å². The Balaban J connectivity index is 2.95. The molecule has 21 heavy (non-hydrogen) atoms. The van der Waals surface area contributed by atoms with E-state index in [2.05, 4.69) is 13.8 Å². The maximum Gasteiger partial charge on any atom is 0.410 e. The number of amides is 1. The number of hydrogen-bond acceptors (Lipinski definition) is 4. The third-order valence-corrected chi connectivity index (χ3v) is 3.65. The molecule has 124 valence electrons. The van der Waals surface area contributed by atoms with E-state index in [1.165, 1.54) is 0 Å². The minimum absolute atomic E-state index is 0.0290. The lowest BCUT2D eigenvalue weighted by Gasteiger charge is -2.38. The van der Waals surface area contributed by atoms with E-state index >= 15 is 0 Å². The zero-order valence-electron chi connectivity index (χ0n) is 14.3. The minimum Gasteiger partial charge on any atom is -0.444 e. The highest BCUT2D eigenvalue weighted by Gasteiger charge is 2.39. The molecular formula is C16H31NO4. The molecule has 0 bridgehead atoms. The van der Waals surface area contributed by atoms with Gasteiger partial charge in [-0.3, -0.25) is 4.90 Å². The number of rotatable bonds is 5. The summed E-state index contributed by atoms with van der Waals surface area (Å²) in [5.74, 6) is 0.393. The van der Waals surface area contributed by atoms with Crippen molar-refractivity contribution in [1.82, 2.24) is 4.90 Å². The van der Waals surface area contributed by atoms with Gasteiger partial charge in [0.1, 0.15) is 5.60 Å². The summed E-state index contributed by atoms with van der Waals surface area (Å²) in [5, 5.41) is 9.75. The van der Waals surface area contributed by atoms with Crippen LogP contribution in [0.2, 0.25) is 0 Å². The van der Waals surface area contributed by atoms with Crippen LogP contribution in [0.25, 0.3) is 0 Å². The topological polar surface area (TPSA) is 59.0 Å². The second-order valence-electron chi connectivity index (χ2n) is 7.29. The SMILES string of the molecule is CC(C)CC(CO)N(C(=O)OC(C)(C)C)C1CCOC1C. The third kappa shape index (κ3) is 5.47. The second kappa shape index (κ2) is 7.45. The van der Waals surface area contributed by atoms with E-state index in [1.54, 1.807) is 4.90 Å². The zero-order chi connectivity index (χ0) is 16.2. The van der Waals surface area contributed by atoms with Crippen LogP contribution in [0.15, 0.2) is 0 Å². The maximum atomic E-state index is 12.6. The van der Waals surface area contributed by atoms with Crippen molar-refractivity contribution in [3.63, 3.8) is 0 Å². The van der Waals surface area contributed by atoms with Crippen molar-refractivity contribution in [2.75, 3.05) is 13.2 Å². The number of hydrogen-bond donors (Lipinski definition) is 1. The van der Waals surface area contributed by atoms with Gasteiger partial charge in [0.05, 0.1) is 24.8 Å². The molecule has 0 spiro atoms. The van der Waals surface area contributed by atoms with Gasteiger partial charge in [0.15, 0.2) is 0 Å². The first-order valence-corrected chi connectivity index (χ1v) is 7.89. The highest BCUT2D eigenvalue weighted by Crippen LogP contribution is 2.26. The molecule has 1 amide bonds. The lowest BCUT2D eigenvalue weighted by molar-refractivity contribution is -0.0176. The normalized spacial score (nSPS) is 24.2. The number of aliphatic hydroxyl groups is 1. The fourth-order valence-electron chi connectivity index (χ4n) is 2.78. The lowest BCUT2D eigenvalue weighted by atomic mass is 10.00. The highest BCUT2D eigenvalue weighted by molar-refractivity contribution is 5.69. The smallest absolute Gasteiger partial charge is 0.410 e. The molecule has 3 atom stereocenters. The Bertz CT molecular complexity index is 338. The molecule has 1 fully saturated rings. The molecule has 1 rings (SSSR count). The number of carbonyl (C=O) groups excluding carboxylic acids is 1. The van der Waals surface area contributed by atoms with Crippen LogP contribution >= 0.6 is 0 Å². The number of ether oxygens (including phenoxy) is 2. The van der Waals surface area contributed by atoms with Gasteiger partial charge in [-0.05, 0) is 46.5 Å². The van der Waals surface area contributed by atoms with Gasteiger partial charge >= 0.3 is 6.09 Å². The molecule has 0 aromatic carbocycles. The van der Waals surface area contributed by atoms with Crippen LogP contribution in [0.1, 0.15) is 54.4 Å². The summed E-state index contributed by atoms with van der Waals surface area (Å²) in [6.07, 6.45) is 1.15. The molecule has 5 nitrogen and oxygen atoms in total. The molecule has 0 saturated carbocycles. The van der Waals surface area contributed by atoms with Crippen molar-refractivity contribution in [2.45, 2.75) is 78.2 Å². The summed E-state index contributed by atoms with van der Waals surface area (Å²) in [7, 11) is 0. The van der Waals surface area contributed by atoms with Crippen LogP contribution in [-0.2, 0) is 9.47 Å². The summed E-state index contributed by atoms with van der Waals surface area (Å²) in [6, 6.07) is -0.259. The van der Waals surface area contributed by atoms with Crippen molar-refractivity contribution in [2.24, 2.45) is 5.92 Å². The van der Waals surface area contributed by atoms with Gasteiger partial charge in [0, 0.05) is 6.61 Å².